The summed E-state index contributed by atoms with van der Waals surface area (Å²) in [5.74, 6) is 1.93. The molecule has 0 saturated heterocycles. The number of aromatic nitrogens is 1. The first-order valence-corrected chi connectivity index (χ1v) is 11.8. The van der Waals surface area contributed by atoms with E-state index in [-0.39, 0.29) is 5.41 Å². The van der Waals surface area contributed by atoms with Crippen LogP contribution in [0.15, 0.2) is 54.0 Å². The molecule has 0 atom stereocenters. The largest absolute Gasteiger partial charge is 0.455 e. The van der Waals surface area contributed by atoms with Gasteiger partial charge in [0.05, 0.1) is 10.9 Å². The normalized spacial score (nSPS) is 13.1. The van der Waals surface area contributed by atoms with Gasteiger partial charge in [-0.25, -0.2) is 4.57 Å². The lowest BCUT2D eigenvalue weighted by molar-refractivity contribution is -0.659. The lowest BCUT2D eigenvalue weighted by Crippen LogP contribution is -2.31. The molecule has 0 fully saturated rings. The Balaban J connectivity index is 1.75. The highest BCUT2D eigenvalue weighted by Crippen LogP contribution is 2.51. The Bertz CT molecular complexity index is 1530. The average Bonchev–Trinajstić information content (AvgIpc) is 3.10. The zero-order valence-electron chi connectivity index (χ0n) is 18.7. The summed E-state index contributed by atoms with van der Waals surface area (Å²) in [6.45, 7) is 9.17. The summed E-state index contributed by atoms with van der Waals surface area (Å²) in [5, 5.41) is 8.79. The molecule has 0 aliphatic carbocycles. The van der Waals surface area contributed by atoms with Gasteiger partial charge in [0.1, 0.15) is 18.5 Å². The molecule has 3 heterocycles. The van der Waals surface area contributed by atoms with Crippen molar-refractivity contribution in [3.05, 3.63) is 65.2 Å². The van der Waals surface area contributed by atoms with Crippen molar-refractivity contribution in [3.8, 4) is 22.8 Å². The van der Waals surface area contributed by atoms with E-state index in [0.717, 1.165) is 17.9 Å². The van der Waals surface area contributed by atoms with Gasteiger partial charge in [-0.2, -0.15) is 0 Å². The SMILES string of the molecule is Cc1c2c(cc3ccccc13)Oc1cc3scc(CC(C)(C)C)c3c3cc[n+](C)c-2c13. The quantitative estimate of drug-likeness (QED) is 0.246. The molecule has 2 aromatic heterocycles. The van der Waals surface area contributed by atoms with Gasteiger partial charge in [0.15, 0.2) is 6.20 Å². The number of hydrogen-bond acceptors (Lipinski definition) is 2. The Kier molecular flexibility index (Phi) is 3.83. The third kappa shape index (κ3) is 2.73. The Morgan fingerprint density at radius 3 is 2.58 bits per heavy atom. The number of thiophene rings is 1. The van der Waals surface area contributed by atoms with E-state index in [1.165, 1.54) is 54.0 Å². The Morgan fingerprint density at radius 1 is 0.968 bits per heavy atom. The lowest BCUT2D eigenvalue weighted by atomic mass is 9.86. The summed E-state index contributed by atoms with van der Waals surface area (Å²) in [4.78, 5) is 0. The summed E-state index contributed by atoms with van der Waals surface area (Å²) < 4.78 is 10.2. The summed E-state index contributed by atoms with van der Waals surface area (Å²) >= 11 is 1.83. The van der Waals surface area contributed by atoms with Crippen molar-refractivity contribution in [2.45, 2.75) is 34.1 Å². The molecule has 0 radical (unpaired) electrons. The number of pyridine rings is 1. The minimum absolute atomic E-state index is 0.247. The van der Waals surface area contributed by atoms with Crippen LogP contribution in [0.25, 0.3) is 42.9 Å². The molecule has 3 aromatic carbocycles. The zero-order chi connectivity index (χ0) is 21.5. The van der Waals surface area contributed by atoms with Gasteiger partial charge in [0.2, 0.25) is 5.69 Å². The van der Waals surface area contributed by atoms with Crippen molar-refractivity contribution in [1.29, 1.82) is 0 Å². The van der Waals surface area contributed by atoms with Gasteiger partial charge in [0, 0.05) is 21.5 Å². The maximum Gasteiger partial charge on any atom is 0.228 e. The van der Waals surface area contributed by atoms with Crippen molar-refractivity contribution in [1.82, 2.24) is 0 Å². The van der Waals surface area contributed by atoms with Crippen LogP contribution in [-0.4, -0.2) is 0 Å². The molecule has 1 aliphatic rings. The number of nitrogens with zero attached hydrogens (tertiary/aromatic N) is 1. The first-order valence-electron chi connectivity index (χ1n) is 10.9. The number of fused-ring (bicyclic) bond motifs is 5. The first-order chi connectivity index (χ1) is 14.8. The lowest BCUT2D eigenvalue weighted by Gasteiger charge is -2.23. The van der Waals surface area contributed by atoms with E-state index in [1.54, 1.807) is 0 Å². The number of ether oxygens (including phenoxy) is 1. The second-order valence-corrected chi connectivity index (χ2v) is 10.9. The highest BCUT2D eigenvalue weighted by atomic mass is 32.1. The molecule has 0 unspecified atom stereocenters. The van der Waals surface area contributed by atoms with Crippen LogP contribution in [0.2, 0.25) is 0 Å². The molecule has 1 aliphatic heterocycles. The van der Waals surface area contributed by atoms with Gasteiger partial charge in [0.25, 0.3) is 0 Å². The zero-order valence-corrected chi connectivity index (χ0v) is 19.5. The van der Waals surface area contributed by atoms with E-state index in [9.17, 15) is 0 Å². The molecule has 0 N–H and O–H groups in total. The van der Waals surface area contributed by atoms with Crippen LogP contribution in [0.3, 0.4) is 0 Å². The summed E-state index contributed by atoms with van der Waals surface area (Å²) in [7, 11) is 2.15. The van der Waals surface area contributed by atoms with E-state index in [2.05, 4.69) is 93.4 Å². The fourth-order valence-corrected chi connectivity index (χ4v) is 6.20. The molecular formula is C28H26NOS+. The minimum atomic E-state index is 0.247. The molecule has 3 heteroatoms. The molecule has 0 spiro atoms. The predicted molar refractivity (Wildman–Crippen MR) is 131 cm³/mol. The van der Waals surface area contributed by atoms with E-state index >= 15 is 0 Å². The highest BCUT2D eigenvalue weighted by Gasteiger charge is 2.31. The number of aryl methyl sites for hydroxylation is 2. The fourth-order valence-electron chi connectivity index (χ4n) is 5.19. The van der Waals surface area contributed by atoms with Gasteiger partial charge in [-0.15, -0.1) is 11.3 Å². The molecule has 5 aromatic rings. The monoisotopic (exact) mass is 424 g/mol. The van der Waals surface area contributed by atoms with Gasteiger partial charge in [-0.1, -0.05) is 45.0 Å². The topological polar surface area (TPSA) is 13.1 Å². The van der Waals surface area contributed by atoms with Crippen molar-refractivity contribution >= 4 is 43.0 Å². The van der Waals surface area contributed by atoms with Gasteiger partial charge < -0.3 is 4.74 Å². The van der Waals surface area contributed by atoms with Crippen LogP contribution in [-0.2, 0) is 13.5 Å². The van der Waals surface area contributed by atoms with E-state index in [1.807, 2.05) is 11.3 Å². The molecule has 0 saturated carbocycles. The second-order valence-electron chi connectivity index (χ2n) is 10.0. The molecule has 2 nitrogen and oxygen atoms in total. The predicted octanol–water partition coefficient (Wildman–Crippen LogP) is 7.70. The molecule has 6 rings (SSSR count). The van der Waals surface area contributed by atoms with Crippen molar-refractivity contribution < 1.29 is 9.30 Å². The smallest absolute Gasteiger partial charge is 0.228 e. The maximum atomic E-state index is 6.61. The number of rotatable bonds is 1. The number of benzene rings is 3. The van der Waals surface area contributed by atoms with Crippen LogP contribution in [0.5, 0.6) is 11.5 Å². The van der Waals surface area contributed by atoms with Gasteiger partial charge >= 0.3 is 0 Å². The number of hydrogen-bond donors (Lipinski definition) is 0. The second kappa shape index (κ2) is 6.30. The maximum absolute atomic E-state index is 6.61. The van der Waals surface area contributed by atoms with Crippen molar-refractivity contribution in [2.24, 2.45) is 12.5 Å². The molecule has 0 bridgehead atoms. The van der Waals surface area contributed by atoms with E-state index in [4.69, 9.17) is 4.74 Å². The van der Waals surface area contributed by atoms with Gasteiger partial charge in [-0.3, -0.25) is 0 Å². The summed E-state index contributed by atoms with van der Waals surface area (Å²) in [6.07, 6.45) is 3.28. The Labute approximate surface area is 186 Å². The molecule has 31 heavy (non-hydrogen) atoms. The van der Waals surface area contributed by atoms with Crippen molar-refractivity contribution in [3.63, 3.8) is 0 Å². The van der Waals surface area contributed by atoms with Crippen LogP contribution in [0.1, 0.15) is 31.9 Å². The fraction of sp³-hybridized carbons (Fsp3) is 0.250. The first kappa shape index (κ1) is 18.8. The van der Waals surface area contributed by atoms with E-state index < -0.39 is 0 Å². The highest BCUT2D eigenvalue weighted by molar-refractivity contribution is 7.17. The molecule has 154 valence electrons. The van der Waals surface area contributed by atoms with Crippen LogP contribution < -0.4 is 9.30 Å². The summed E-state index contributed by atoms with van der Waals surface area (Å²) in [6, 6.07) is 15.3. The molecule has 0 amide bonds. The third-order valence-electron chi connectivity index (χ3n) is 6.45. The summed E-state index contributed by atoms with van der Waals surface area (Å²) in [5.41, 5.74) is 5.44. The van der Waals surface area contributed by atoms with Crippen LogP contribution in [0.4, 0.5) is 0 Å². The van der Waals surface area contributed by atoms with Gasteiger partial charge in [-0.05, 0) is 58.2 Å². The van der Waals surface area contributed by atoms with Crippen LogP contribution in [0, 0.1) is 12.3 Å². The van der Waals surface area contributed by atoms with Crippen molar-refractivity contribution in [2.75, 3.05) is 0 Å². The third-order valence-corrected chi connectivity index (χ3v) is 7.43. The van der Waals surface area contributed by atoms with E-state index in [0.29, 0.717) is 0 Å². The van der Waals surface area contributed by atoms with Crippen LogP contribution >= 0.6 is 11.3 Å². The average molecular weight is 425 g/mol. The Hall–Kier alpha value is -2.91. The minimum Gasteiger partial charge on any atom is -0.455 e. The molecular weight excluding hydrogens is 398 g/mol. The standard InChI is InChI=1S/C28H26NOS/c1-16-19-9-7-6-8-17(19)12-21-24(16)27-26-20(10-11-29(27)5)25-18(14-28(2,3)4)15-31-23(25)13-22(26)30-21/h6-13,15H,14H2,1-5H3/q+1. The Morgan fingerprint density at radius 2 is 1.77 bits per heavy atom.